The first-order chi connectivity index (χ1) is 11.7. The lowest BCUT2D eigenvalue weighted by Gasteiger charge is -2.22. The second-order valence-electron chi connectivity index (χ2n) is 6.06. The van der Waals surface area contributed by atoms with Crippen LogP contribution in [0.2, 0.25) is 5.02 Å². The minimum atomic E-state index is 0. The van der Waals surface area contributed by atoms with Crippen molar-refractivity contribution in [1.29, 1.82) is 0 Å². The van der Waals surface area contributed by atoms with Gasteiger partial charge in [-0.25, -0.2) is 0 Å². The van der Waals surface area contributed by atoms with Gasteiger partial charge < -0.3 is 15.4 Å². The summed E-state index contributed by atoms with van der Waals surface area (Å²) in [6.07, 6.45) is 3.58. The van der Waals surface area contributed by atoms with Gasteiger partial charge in [-0.3, -0.25) is 9.89 Å². The zero-order valence-corrected chi connectivity index (χ0v) is 18.2. The fraction of sp³-hybridized carbons (Fsp3) is 0.611. The van der Waals surface area contributed by atoms with E-state index in [2.05, 4.69) is 32.7 Å². The van der Waals surface area contributed by atoms with Crippen molar-refractivity contribution < 1.29 is 4.74 Å². The van der Waals surface area contributed by atoms with Gasteiger partial charge in [0.25, 0.3) is 0 Å². The fourth-order valence-corrected chi connectivity index (χ4v) is 2.77. The molecule has 2 rings (SSSR count). The second kappa shape index (κ2) is 12.7. The Hall–Kier alpha value is -0.570. The molecule has 142 valence electrons. The van der Waals surface area contributed by atoms with Crippen LogP contribution in [-0.2, 0) is 11.2 Å². The Morgan fingerprint density at radius 2 is 1.88 bits per heavy atom. The molecule has 0 amide bonds. The highest BCUT2D eigenvalue weighted by atomic mass is 127. The Labute approximate surface area is 173 Å². The van der Waals surface area contributed by atoms with Gasteiger partial charge in [-0.2, -0.15) is 0 Å². The maximum absolute atomic E-state index is 5.90. The summed E-state index contributed by atoms with van der Waals surface area (Å²) < 4.78 is 5.19. The SMILES string of the molecule is CN=C(NCCc1ccc(Cl)cc1)NCCN(CCOC)C1CC1.I. The van der Waals surface area contributed by atoms with E-state index in [1.807, 2.05) is 12.1 Å². The summed E-state index contributed by atoms with van der Waals surface area (Å²) in [5.74, 6) is 0.853. The lowest BCUT2D eigenvalue weighted by Crippen LogP contribution is -2.43. The Morgan fingerprint density at radius 3 is 2.48 bits per heavy atom. The number of aliphatic imine (C=N–C) groups is 1. The second-order valence-corrected chi connectivity index (χ2v) is 6.50. The highest BCUT2D eigenvalue weighted by molar-refractivity contribution is 14.0. The summed E-state index contributed by atoms with van der Waals surface area (Å²) in [4.78, 5) is 6.78. The predicted molar refractivity (Wildman–Crippen MR) is 116 cm³/mol. The Balaban J connectivity index is 0.00000312. The van der Waals surface area contributed by atoms with Gasteiger partial charge in [-0.15, -0.1) is 24.0 Å². The minimum absolute atomic E-state index is 0. The molecule has 7 heteroatoms. The molecule has 0 bridgehead atoms. The number of halogens is 2. The number of hydrogen-bond donors (Lipinski definition) is 2. The molecule has 5 nitrogen and oxygen atoms in total. The molecule has 0 aromatic heterocycles. The van der Waals surface area contributed by atoms with Crippen molar-refractivity contribution in [3.8, 4) is 0 Å². The van der Waals surface area contributed by atoms with E-state index in [4.69, 9.17) is 16.3 Å². The van der Waals surface area contributed by atoms with Gasteiger partial charge in [0.1, 0.15) is 0 Å². The van der Waals surface area contributed by atoms with Crippen LogP contribution < -0.4 is 10.6 Å². The number of ether oxygens (including phenoxy) is 1. The number of rotatable bonds is 10. The molecule has 0 spiro atoms. The lowest BCUT2D eigenvalue weighted by atomic mass is 10.1. The maximum Gasteiger partial charge on any atom is 0.191 e. The smallest absolute Gasteiger partial charge is 0.191 e. The summed E-state index contributed by atoms with van der Waals surface area (Å²) >= 11 is 5.90. The Morgan fingerprint density at radius 1 is 1.20 bits per heavy atom. The van der Waals surface area contributed by atoms with Gasteiger partial charge in [-0.05, 0) is 37.0 Å². The van der Waals surface area contributed by atoms with Crippen LogP contribution >= 0.6 is 35.6 Å². The molecular formula is C18H30ClIN4O. The monoisotopic (exact) mass is 480 g/mol. The molecule has 0 unspecified atom stereocenters. The van der Waals surface area contributed by atoms with Gasteiger partial charge in [0.05, 0.1) is 6.61 Å². The van der Waals surface area contributed by atoms with Crippen molar-refractivity contribution in [2.45, 2.75) is 25.3 Å². The Kier molecular flexibility index (Phi) is 11.4. The van der Waals surface area contributed by atoms with Crippen molar-refractivity contribution in [1.82, 2.24) is 15.5 Å². The van der Waals surface area contributed by atoms with Gasteiger partial charge in [0, 0.05) is 51.4 Å². The van der Waals surface area contributed by atoms with E-state index in [0.717, 1.165) is 56.2 Å². The molecule has 1 aliphatic carbocycles. The third-order valence-electron chi connectivity index (χ3n) is 4.18. The number of benzene rings is 1. The van der Waals surface area contributed by atoms with E-state index in [9.17, 15) is 0 Å². The number of nitrogens with zero attached hydrogens (tertiary/aromatic N) is 2. The third kappa shape index (κ3) is 9.08. The van der Waals surface area contributed by atoms with Gasteiger partial charge in [-0.1, -0.05) is 23.7 Å². The van der Waals surface area contributed by atoms with E-state index < -0.39 is 0 Å². The molecule has 1 fully saturated rings. The van der Waals surface area contributed by atoms with Crippen LogP contribution in [0.3, 0.4) is 0 Å². The minimum Gasteiger partial charge on any atom is -0.383 e. The molecule has 0 radical (unpaired) electrons. The highest BCUT2D eigenvalue weighted by Crippen LogP contribution is 2.25. The van der Waals surface area contributed by atoms with Crippen molar-refractivity contribution in [3.63, 3.8) is 0 Å². The van der Waals surface area contributed by atoms with Crippen LogP contribution in [0.4, 0.5) is 0 Å². The summed E-state index contributed by atoms with van der Waals surface area (Å²) in [5.41, 5.74) is 1.27. The molecular weight excluding hydrogens is 451 g/mol. The first-order valence-corrected chi connectivity index (χ1v) is 9.02. The average molecular weight is 481 g/mol. The molecule has 0 heterocycles. The normalized spacial score (nSPS) is 14.3. The number of hydrogen-bond acceptors (Lipinski definition) is 3. The number of guanidine groups is 1. The third-order valence-corrected chi connectivity index (χ3v) is 4.43. The van der Waals surface area contributed by atoms with Crippen LogP contribution in [0.1, 0.15) is 18.4 Å². The van der Waals surface area contributed by atoms with Crippen LogP contribution in [0.5, 0.6) is 0 Å². The molecule has 1 aliphatic rings. The summed E-state index contributed by atoms with van der Waals surface area (Å²) in [7, 11) is 3.57. The van der Waals surface area contributed by atoms with E-state index >= 15 is 0 Å². The van der Waals surface area contributed by atoms with Crippen molar-refractivity contribution in [3.05, 3.63) is 34.9 Å². The molecule has 0 saturated heterocycles. The van der Waals surface area contributed by atoms with Gasteiger partial charge in [0.2, 0.25) is 0 Å². The number of methoxy groups -OCH3 is 1. The van der Waals surface area contributed by atoms with Crippen molar-refractivity contribution >= 4 is 41.5 Å². The van der Waals surface area contributed by atoms with E-state index in [1.54, 1.807) is 14.2 Å². The van der Waals surface area contributed by atoms with Crippen molar-refractivity contribution in [2.24, 2.45) is 4.99 Å². The molecule has 0 aliphatic heterocycles. The molecule has 1 saturated carbocycles. The molecule has 2 N–H and O–H groups in total. The molecule has 0 atom stereocenters. The molecule has 25 heavy (non-hydrogen) atoms. The predicted octanol–water partition coefficient (Wildman–Crippen LogP) is 2.78. The first kappa shape index (κ1) is 22.5. The average Bonchev–Trinajstić information content (AvgIpc) is 3.43. The van der Waals surface area contributed by atoms with E-state index in [1.165, 1.54) is 18.4 Å². The number of nitrogens with one attached hydrogen (secondary N) is 2. The zero-order valence-electron chi connectivity index (χ0n) is 15.1. The van der Waals surface area contributed by atoms with Gasteiger partial charge in [0.15, 0.2) is 5.96 Å². The molecule has 1 aromatic carbocycles. The van der Waals surface area contributed by atoms with Crippen LogP contribution in [0.25, 0.3) is 0 Å². The highest BCUT2D eigenvalue weighted by Gasteiger charge is 2.28. The quantitative estimate of drug-likeness (QED) is 0.307. The van der Waals surface area contributed by atoms with Crippen molar-refractivity contribution in [2.75, 3.05) is 46.9 Å². The lowest BCUT2D eigenvalue weighted by molar-refractivity contribution is 0.144. The fourth-order valence-electron chi connectivity index (χ4n) is 2.64. The molecule has 1 aromatic rings. The summed E-state index contributed by atoms with van der Waals surface area (Å²) in [5, 5.41) is 7.52. The largest absolute Gasteiger partial charge is 0.383 e. The van der Waals surface area contributed by atoms with Crippen LogP contribution in [0.15, 0.2) is 29.3 Å². The van der Waals surface area contributed by atoms with E-state index in [0.29, 0.717) is 0 Å². The topological polar surface area (TPSA) is 48.9 Å². The standard InChI is InChI=1S/C18H29ClN4O.HI/c1-20-18(21-10-9-15-3-5-16(19)6-4-15)22-11-12-23(13-14-24-2)17-7-8-17;/h3-6,17H,7-14H2,1-2H3,(H2,20,21,22);1H. The Bertz CT molecular complexity index is 508. The van der Waals surface area contributed by atoms with Gasteiger partial charge >= 0.3 is 0 Å². The van der Waals surface area contributed by atoms with E-state index in [-0.39, 0.29) is 24.0 Å². The first-order valence-electron chi connectivity index (χ1n) is 8.65. The van der Waals surface area contributed by atoms with Crippen LogP contribution in [-0.4, -0.2) is 63.8 Å². The summed E-state index contributed by atoms with van der Waals surface area (Å²) in [6, 6.07) is 8.72. The zero-order chi connectivity index (χ0) is 17.2. The summed E-state index contributed by atoms with van der Waals surface area (Å²) in [6.45, 7) is 4.56. The maximum atomic E-state index is 5.90. The van der Waals surface area contributed by atoms with Crippen LogP contribution in [0, 0.1) is 0 Å².